The Kier molecular flexibility index (Phi) is 4.44. The van der Waals surface area contributed by atoms with E-state index in [1.807, 2.05) is 11.4 Å². The minimum atomic E-state index is -1.04. The summed E-state index contributed by atoms with van der Waals surface area (Å²) in [6.07, 6.45) is 0. The van der Waals surface area contributed by atoms with E-state index in [9.17, 15) is 4.79 Å². The van der Waals surface area contributed by atoms with Crippen LogP contribution in [0.4, 0.5) is 0 Å². The number of methoxy groups -OCH3 is 1. The maximum Gasteiger partial charge on any atom is 0.339 e. The molecule has 1 N–H and O–H groups in total. The van der Waals surface area contributed by atoms with E-state index in [1.54, 1.807) is 23.5 Å². The van der Waals surface area contributed by atoms with E-state index < -0.39 is 5.97 Å². The maximum absolute atomic E-state index is 11.2. The zero-order chi connectivity index (χ0) is 13.8. The smallest absolute Gasteiger partial charge is 0.339 e. The first kappa shape index (κ1) is 13.9. The molecule has 2 aromatic rings. The van der Waals surface area contributed by atoms with Crippen LogP contribution in [0.25, 0.3) is 0 Å². The molecule has 0 unspecified atom stereocenters. The van der Waals surface area contributed by atoms with Gasteiger partial charge in [0.25, 0.3) is 0 Å². The van der Waals surface area contributed by atoms with Crippen LogP contribution in [-0.2, 0) is 6.61 Å². The monoisotopic (exact) mass is 342 g/mol. The van der Waals surface area contributed by atoms with Gasteiger partial charge in [0.05, 0.1) is 10.9 Å². The molecule has 0 saturated carbocycles. The first-order valence-electron chi connectivity index (χ1n) is 5.37. The Morgan fingerprint density at radius 2 is 2.21 bits per heavy atom. The number of thiophene rings is 1. The number of rotatable bonds is 5. The second-order valence-corrected chi connectivity index (χ2v) is 6.01. The van der Waals surface area contributed by atoms with Gasteiger partial charge in [-0.05, 0) is 45.6 Å². The van der Waals surface area contributed by atoms with Crippen LogP contribution < -0.4 is 9.47 Å². The Balaban J connectivity index is 2.17. The number of aromatic carboxylic acids is 1. The molecule has 19 heavy (non-hydrogen) atoms. The quantitative estimate of drug-likeness (QED) is 0.897. The highest BCUT2D eigenvalue weighted by Crippen LogP contribution is 2.26. The highest BCUT2D eigenvalue weighted by atomic mass is 79.9. The van der Waals surface area contributed by atoms with Gasteiger partial charge in [-0.25, -0.2) is 4.79 Å². The van der Waals surface area contributed by atoms with Gasteiger partial charge in [0.15, 0.2) is 0 Å². The maximum atomic E-state index is 11.2. The van der Waals surface area contributed by atoms with Gasteiger partial charge in [-0.3, -0.25) is 0 Å². The minimum absolute atomic E-state index is 0.0913. The van der Waals surface area contributed by atoms with Crippen LogP contribution in [0.5, 0.6) is 11.5 Å². The van der Waals surface area contributed by atoms with E-state index in [0.717, 1.165) is 9.35 Å². The number of carbonyl (C=O) groups is 1. The zero-order valence-electron chi connectivity index (χ0n) is 10.1. The molecule has 1 heterocycles. The standard InChI is InChI=1S/C13H11BrO4S/c1-17-9-2-3-11(10(5-9)13(15)16)18-6-8-4-12(14)19-7-8/h2-5,7H,6H2,1H3,(H,15,16). The van der Waals surface area contributed by atoms with Crippen LogP contribution in [0.3, 0.4) is 0 Å². The number of hydrogen-bond acceptors (Lipinski definition) is 4. The summed E-state index contributed by atoms with van der Waals surface area (Å²) in [6, 6.07) is 6.66. The molecule has 2 rings (SSSR count). The number of carboxylic acids is 1. The molecule has 4 nitrogen and oxygen atoms in total. The Hall–Kier alpha value is -1.53. The van der Waals surface area contributed by atoms with Crippen molar-refractivity contribution in [1.82, 2.24) is 0 Å². The van der Waals surface area contributed by atoms with E-state index in [2.05, 4.69) is 15.9 Å². The third-order valence-electron chi connectivity index (χ3n) is 2.43. The second kappa shape index (κ2) is 6.08. The van der Waals surface area contributed by atoms with Gasteiger partial charge in [-0.1, -0.05) is 0 Å². The molecule has 0 aliphatic carbocycles. The van der Waals surface area contributed by atoms with Crippen molar-refractivity contribution >= 4 is 33.2 Å². The molecule has 0 bridgehead atoms. The molecular formula is C13H11BrO4S. The Morgan fingerprint density at radius 1 is 1.42 bits per heavy atom. The molecule has 0 aliphatic heterocycles. The van der Waals surface area contributed by atoms with Crippen molar-refractivity contribution in [3.63, 3.8) is 0 Å². The average Bonchev–Trinajstić information content (AvgIpc) is 2.82. The van der Waals surface area contributed by atoms with E-state index in [0.29, 0.717) is 18.1 Å². The normalized spacial score (nSPS) is 10.2. The van der Waals surface area contributed by atoms with Crippen molar-refractivity contribution < 1.29 is 19.4 Å². The molecule has 0 atom stereocenters. The van der Waals surface area contributed by atoms with Crippen molar-refractivity contribution in [2.45, 2.75) is 6.61 Å². The Labute approximate surface area is 122 Å². The fourth-order valence-electron chi connectivity index (χ4n) is 1.51. The van der Waals surface area contributed by atoms with E-state index >= 15 is 0 Å². The van der Waals surface area contributed by atoms with E-state index in [-0.39, 0.29) is 5.56 Å². The molecule has 1 aromatic heterocycles. The molecule has 0 fully saturated rings. The van der Waals surface area contributed by atoms with E-state index in [1.165, 1.54) is 13.2 Å². The summed E-state index contributed by atoms with van der Waals surface area (Å²) >= 11 is 4.92. The summed E-state index contributed by atoms with van der Waals surface area (Å²) in [6.45, 7) is 0.328. The summed E-state index contributed by atoms with van der Waals surface area (Å²) in [5, 5.41) is 11.1. The fourth-order valence-corrected chi connectivity index (χ4v) is 2.71. The SMILES string of the molecule is COc1ccc(OCc2csc(Br)c2)c(C(=O)O)c1. The van der Waals surface area contributed by atoms with Crippen molar-refractivity contribution in [2.24, 2.45) is 0 Å². The molecule has 0 amide bonds. The van der Waals surface area contributed by atoms with Crippen LogP contribution in [0.1, 0.15) is 15.9 Å². The number of halogens is 1. The molecule has 6 heteroatoms. The molecule has 0 saturated heterocycles. The minimum Gasteiger partial charge on any atom is -0.497 e. The predicted molar refractivity (Wildman–Crippen MR) is 76.3 cm³/mol. The number of carboxylic acid groups (broad SMARTS) is 1. The summed E-state index contributed by atoms with van der Waals surface area (Å²) in [4.78, 5) is 11.2. The average molecular weight is 343 g/mol. The molecule has 100 valence electrons. The van der Waals surface area contributed by atoms with Crippen LogP contribution in [-0.4, -0.2) is 18.2 Å². The van der Waals surface area contributed by atoms with Gasteiger partial charge >= 0.3 is 5.97 Å². The van der Waals surface area contributed by atoms with Crippen LogP contribution in [0, 0.1) is 0 Å². The summed E-state index contributed by atoms with van der Waals surface area (Å²) in [5.74, 6) is -0.223. The lowest BCUT2D eigenvalue weighted by molar-refractivity contribution is 0.0691. The predicted octanol–water partition coefficient (Wildman–Crippen LogP) is 3.80. The number of ether oxygens (including phenoxy) is 2. The molecule has 0 aliphatic rings. The Bertz CT molecular complexity index is 594. The van der Waals surface area contributed by atoms with Gasteiger partial charge < -0.3 is 14.6 Å². The highest BCUT2D eigenvalue weighted by molar-refractivity contribution is 9.11. The molecule has 1 aromatic carbocycles. The van der Waals surface area contributed by atoms with Gasteiger partial charge in [-0.2, -0.15) is 0 Å². The van der Waals surface area contributed by atoms with Crippen molar-refractivity contribution in [1.29, 1.82) is 0 Å². The lowest BCUT2D eigenvalue weighted by Gasteiger charge is -2.09. The molecule has 0 spiro atoms. The largest absolute Gasteiger partial charge is 0.497 e. The molecule has 0 radical (unpaired) electrons. The third-order valence-corrected chi connectivity index (χ3v) is 3.99. The number of benzene rings is 1. The first-order valence-corrected chi connectivity index (χ1v) is 7.04. The van der Waals surface area contributed by atoms with Crippen LogP contribution in [0.2, 0.25) is 0 Å². The topological polar surface area (TPSA) is 55.8 Å². The first-order chi connectivity index (χ1) is 9.10. The fraction of sp³-hybridized carbons (Fsp3) is 0.154. The van der Waals surface area contributed by atoms with Gasteiger partial charge in [0, 0.05) is 5.56 Å². The molecular weight excluding hydrogens is 332 g/mol. The van der Waals surface area contributed by atoms with Crippen molar-refractivity contribution in [2.75, 3.05) is 7.11 Å². The van der Waals surface area contributed by atoms with Crippen molar-refractivity contribution in [3.05, 3.63) is 44.6 Å². The van der Waals surface area contributed by atoms with Gasteiger partial charge in [-0.15, -0.1) is 11.3 Å². The van der Waals surface area contributed by atoms with Crippen LogP contribution >= 0.6 is 27.3 Å². The number of hydrogen-bond donors (Lipinski definition) is 1. The highest BCUT2D eigenvalue weighted by Gasteiger charge is 2.13. The van der Waals surface area contributed by atoms with Crippen molar-refractivity contribution in [3.8, 4) is 11.5 Å². The summed E-state index contributed by atoms with van der Waals surface area (Å²) in [7, 11) is 1.49. The lowest BCUT2D eigenvalue weighted by atomic mass is 10.2. The van der Waals surface area contributed by atoms with Gasteiger partial charge in [0.1, 0.15) is 23.7 Å². The second-order valence-electron chi connectivity index (χ2n) is 3.71. The van der Waals surface area contributed by atoms with Gasteiger partial charge in [0.2, 0.25) is 0 Å². The summed E-state index contributed by atoms with van der Waals surface area (Å²) in [5.41, 5.74) is 1.08. The van der Waals surface area contributed by atoms with Crippen LogP contribution in [0.15, 0.2) is 33.4 Å². The lowest BCUT2D eigenvalue weighted by Crippen LogP contribution is -2.03. The Morgan fingerprint density at radius 3 is 2.79 bits per heavy atom. The summed E-state index contributed by atoms with van der Waals surface area (Å²) < 4.78 is 11.6. The third kappa shape index (κ3) is 3.48. The van der Waals surface area contributed by atoms with E-state index in [4.69, 9.17) is 14.6 Å². The zero-order valence-corrected chi connectivity index (χ0v) is 12.5.